The van der Waals surface area contributed by atoms with Crippen LogP contribution in [0.2, 0.25) is 0 Å². The lowest BCUT2D eigenvalue weighted by molar-refractivity contribution is 0.173. The summed E-state index contributed by atoms with van der Waals surface area (Å²) >= 11 is 0. The summed E-state index contributed by atoms with van der Waals surface area (Å²) in [7, 11) is 1.59. The van der Waals surface area contributed by atoms with E-state index in [1.165, 1.54) is 12.1 Å². The number of rotatable bonds is 4. The van der Waals surface area contributed by atoms with Crippen molar-refractivity contribution in [3.63, 3.8) is 0 Å². The molecule has 0 saturated heterocycles. The van der Waals surface area contributed by atoms with E-state index in [0.29, 0.717) is 12.2 Å². The predicted molar refractivity (Wildman–Crippen MR) is 77.5 cm³/mol. The topological polar surface area (TPSA) is 29.5 Å². The minimum absolute atomic E-state index is 0.256. The van der Waals surface area contributed by atoms with Crippen LogP contribution >= 0.6 is 0 Å². The van der Waals surface area contributed by atoms with E-state index >= 15 is 0 Å². The van der Waals surface area contributed by atoms with Gasteiger partial charge in [-0.25, -0.2) is 4.39 Å². The molecule has 0 fully saturated rings. The molecule has 1 N–H and O–H groups in total. The van der Waals surface area contributed by atoms with Gasteiger partial charge in [-0.3, -0.25) is 0 Å². The van der Waals surface area contributed by atoms with Crippen molar-refractivity contribution < 1.29 is 14.2 Å². The quantitative estimate of drug-likeness (QED) is 0.920. The number of aliphatic hydroxyl groups is 1. The van der Waals surface area contributed by atoms with Gasteiger partial charge in [0.25, 0.3) is 0 Å². The molecule has 0 saturated carbocycles. The van der Waals surface area contributed by atoms with Crippen LogP contribution in [-0.4, -0.2) is 12.2 Å². The highest BCUT2D eigenvalue weighted by molar-refractivity contribution is 5.39. The molecule has 1 atom stereocenters. The van der Waals surface area contributed by atoms with Gasteiger partial charge < -0.3 is 9.84 Å². The zero-order valence-corrected chi connectivity index (χ0v) is 12.0. The van der Waals surface area contributed by atoms with E-state index < -0.39 is 6.10 Å². The summed E-state index contributed by atoms with van der Waals surface area (Å²) in [5.74, 6) is 0.414. The first kappa shape index (κ1) is 14.5. The van der Waals surface area contributed by atoms with E-state index in [0.717, 1.165) is 22.3 Å². The lowest BCUT2D eigenvalue weighted by Crippen LogP contribution is -2.06. The number of aliphatic hydroxyl groups excluding tert-OH is 1. The van der Waals surface area contributed by atoms with Crippen LogP contribution in [0.15, 0.2) is 36.4 Å². The number of hydrogen-bond donors (Lipinski definition) is 1. The first-order valence-electron chi connectivity index (χ1n) is 6.59. The molecule has 0 aliphatic rings. The third-order valence-electron chi connectivity index (χ3n) is 3.46. The molecule has 3 heteroatoms. The molecular formula is C17H19FO2. The highest BCUT2D eigenvalue weighted by Gasteiger charge is 2.15. The Balaban J connectivity index is 2.27. The van der Waals surface area contributed by atoms with Crippen molar-refractivity contribution in [1.29, 1.82) is 0 Å². The summed E-state index contributed by atoms with van der Waals surface area (Å²) in [6.45, 7) is 3.82. The number of aryl methyl sites for hydroxylation is 2. The van der Waals surface area contributed by atoms with Crippen LogP contribution in [0, 0.1) is 19.7 Å². The smallest absolute Gasteiger partial charge is 0.124 e. The molecular weight excluding hydrogens is 255 g/mol. The van der Waals surface area contributed by atoms with Crippen LogP contribution in [-0.2, 0) is 6.42 Å². The fraction of sp³-hybridized carbons (Fsp3) is 0.294. The van der Waals surface area contributed by atoms with Gasteiger partial charge in [-0.2, -0.15) is 0 Å². The highest BCUT2D eigenvalue weighted by atomic mass is 19.1. The Kier molecular flexibility index (Phi) is 4.40. The van der Waals surface area contributed by atoms with Crippen LogP contribution in [0.3, 0.4) is 0 Å². The van der Waals surface area contributed by atoms with Gasteiger partial charge in [0.1, 0.15) is 11.6 Å². The summed E-state index contributed by atoms with van der Waals surface area (Å²) in [4.78, 5) is 0. The van der Waals surface area contributed by atoms with Crippen LogP contribution in [0.5, 0.6) is 5.75 Å². The van der Waals surface area contributed by atoms with E-state index in [4.69, 9.17) is 4.74 Å². The van der Waals surface area contributed by atoms with Gasteiger partial charge in [-0.15, -0.1) is 0 Å². The standard InChI is InChI=1S/C17H19FO2/c1-11-4-7-17(20-3)15(8-11)16(19)10-13-5-6-14(18)9-12(13)2/h4-9,16,19H,10H2,1-3H3. The Morgan fingerprint density at radius 2 is 1.90 bits per heavy atom. The maximum absolute atomic E-state index is 13.1. The first-order valence-corrected chi connectivity index (χ1v) is 6.59. The van der Waals surface area contributed by atoms with Crippen molar-refractivity contribution >= 4 is 0 Å². The molecule has 0 bridgehead atoms. The molecule has 0 radical (unpaired) electrons. The average Bonchev–Trinajstić information content (AvgIpc) is 2.41. The Morgan fingerprint density at radius 3 is 2.55 bits per heavy atom. The number of ether oxygens (including phenoxy) is 1. The SMILES string of the molecule is COc1ccc(C)cc1C(O)Cc1ccc(F)cc1C. The first-order chi connectivity index (χ1) is 9.51. The van der Waals surface area contributed by atoms with E-state index in [1.54, 1.807) is 13.2 Å². The molecule has 2 aromatic rings. The van der Waals surface area contributed by atoms with Gasteiger partial charge in [0.15, 0.2) is 0 Å². The van der Waals surface area contributed by atoms with Gasteiger partial charge in [0, 0.05) is 12.0 Å². The van der Waals surface area contributed by atoms with Crippen molar-refractivity contribution in [1.82, 2.24) is 0 Å². The third kappa shape index (κ3) is 3.17. The van der Waals surface area contributed by atoms with Crippen molar-refractivity contribution in [2.75, 3.05) is 7.11 Å². The molecule has 0 aliphatic heterocycles. The predicted octanol–water partition coefficient (Wildman–Crippen LogP) is 3.73. The molecule has 1 unspecified atom stereocenters. The molecule has 0 heterocycles. The maximum Gasteiger partial charge on any atom is 0.124 e. The summed E-state index contributed by atoms with van der Waals surface area (Å²) in [6, 6.07) is 10.3. The van der Waals surface area contributed by atoms with E-state index in [9.17, 15) is 9.50 Å². The summed E-state index contributed by atoms with van der Waals surface area (Å²) in [6.07, 6.45) is -0.236. The normalized spacial score (nSPS) is 12.2. The fourth-order valence-corrected chi connectivity index (χ4v) is 2.32. The fourth-order valence-electron chi connectivity index (χ4n) is 2.32. The molecule has 0 aromatic heterocycles. The Bertz CT molecular complexity index is 608. The molecule has 0 amide bonds. The summed E-state index contributed by atoms with van der Waals surface area (Å²) in [5.41, 5.74) is 3.60. The second-order valence-electron chi connectivity index (χ2n) is 5.04. The number of hydrogen-bond acceptors (Lipinski definition) is 2. The molecule has 2 rings (SSSR count). The lowest BCUT2D eigenvalue weighted by Gasteiger charge is -2.16. The van der Waals surface area contributed by atoms with Gasteiger partial charge in [0.2, 0.25) is 0 Å². The lowest BCUT2D eigenvalue weighted by atomic mass is 9.96. The number of halogens is 1. The maximum atomic E-state index is 13.1. The van der Waals surface area contributed by atoms with Gasteiger partial charge in [-0.1, -0.05) is 17.7 Å². The largest absolute Gasteiger partial charge is 0.496 e. The zero-order valence-electron chi connectivity index (χ0n) is 12.0. The average molecular weight is 274 g/mol. The van der Waals surface area contributed by atoms with Gasteiger partial charge >= 0.3 is 0 Å². The van der Waals surface area contributed by atoms with Crippen molar-refractivity contribution in [2.45, 2.75) is 26.4 Å². The highest BCUT2D eigenvalue weighted by Crippen LogP contribution is 2.29. The number of methoxy groups -OCH3 is 1. The van der Waals surface area contributed by atoms with Crippen LogP contribution in [0.1, 0.15) is 28.4 Å². The monoisotopic (exact) mass is 274 g/mol. The minimum atomic E-state index is -0.672. The number of benzene rings is 2. The molecule has 2 aromatic carbocycles. The van der Waals surface area contributed by atoms with Crippen molar-refractivity contribution in [3.8, 4) is 5.75 Å². The second-order valence-corrected chi connectivity index (χ2v) is 5.04. The third-order valence-corrected chi connectivity index (χ3v) is 3.46. The Labute approximate surface area is 118 Å². The second kappa shape index (κ2) is 6.06. The van der Waals surface area contributed by atoms with E-state index in [2.05, 4.69) is 0 Å². The molecule has 106 valence electrons. The Hall–Kier alpha value is -1.87. The molecule has 0 spiro atoms. The summed E-state index contributed by atoms with van der Waals surface area (Å²) < 4.78 is 18.4. The van der Waals surface area contributed by atoms with Crippen molar-refractivity contribution in [3.05, 3.63) is 64.5 Å². The zero-order chi connectivity index (χ0) is 14.7. The van der Waals surface area contributed by atoms with Gasteiger partial charge in [0.05, 0.1) is 13.2 Å². The van der Waals surface area contributed by atoms with Crippen LogP contribution < -0.4 is 4.74 Å². The van der Waals surface area contributed by atoms with E-state index in [1.807, 2.05) is 32.0 Å². The molecule has 20 heavy (non-hydrogen) atoms. The van der Waals surface area contributed by atoms with E-state index in [-0.39, 0.29) is 5.82 Å². The van der Waals surface area contributed by atoms with Crippen molar-refractivity contribution in [2.24, 2.45) is 0 Å². The van der Waals surface area contributed by atoms with Gasteiger partial charge in [-0.05, 0) is 49.2 Å². The summed E-state index contributed by atoms with van der Waals surface area (Å²) in [5, 5.41) is 10.4. The minimum Gasteiger partial charge on any atom is -0.496 e. The Morgan fingerprint density at radius 1 is 1.15 bits per heavy atom. The molecule has 2 nitrogen and oxygen atoms in total. The molecule has 0 aliphatic carbocycles. The van der Waals surface area contributed by atoms with Crippen LogP contribution in [0.25, 0.3) is 0 Å². The van der Waals surface area contributed by atoms with Crippen LogP contribution in [0.4, 0.5) is 4.39 Å².